The lowest BCUT2D eigenvalue weighted by Crippen LogP contribution is -1.94. The monoisotopic (exact) mass is 282 g/mol. The number of methoxy groups -OCH3 is 1. The van der Waals surface area contributed by atoms with Gasteiger partial charge in [0.2, 0.25) is 0 Å². The van der Waals surface area contributed by atoms with Gasteiger partial charge in [0.15, 0.2) is 11.5 Å². The lowest BCUT2D eigenvalue weighted by Gasteiger charge is -2.13. The molecule has 2 N–H and O–H groups in total. The molecule has 0 saturated carbocycles. The molecule has 0 bridgehead atoms. The van der Waals surface area contributed by atoms with Gasteiger partial charge in [0, 0.05) is 0 Å². The van der Waals surface area contributed by atoms with Crippen molar-refractivity contribution in [2.24, 2.45) is 0 Å². The first-order chi connectivity index (χ1) is 10.1. The summed E-state index contributed by atoms with van der Waals surface area (Å²) in [5.74, 6) is 1.56. The van der Waals surface area contributed by atoms with E-state index in [0.29, 0.717) is 23.1 Å². The van der Waals surface area contributed by atoms with Crippen LogP contribution in [0.1, 0.15) is 25.3 Å². The maximum absolute atomic E-state index is 10.4. The third-order valence-corrected chi connectivity index (χ3v) is 3.63. The summed E-state index contributed by atoms with van der Waals surface area (Å²) in [6.07, 6.45) is 0. The second kappa shape index (κ2) is 5.13. The predicted octanol–water partition coefficient (Wildman–Crippen LogP) is 4.07. The maximum atomic E-state index is 10.4. The Bertz CT molecular complexity index is 758. The molecule has 0 amide bonds. The Morgan fingerprint density at radius 2 is 1.95 bits per heavy atom. The molecule has 108 valence electrons. The molecule has 0 aliphatic heterocycles. The van der Waals surface area contributed by atoms with Gasteiger partial charge in [0.05, 0.1) is 23.7 Å². The van der Waals surface area contributed by atoms with Gasteiger partial charge in [-0.05, 0) is 35.7 Å². The number of benzene rings is 2. The fourth-order valence-corrected chi connectivity index (χ4v) is 2.38. The minimum absolute atomic E-state index is 0.112. The highest BCUT2D eigenvalue weighted by Gasteiger charge is 2.16. The van der Waals surface area contributed by atoms with E-state index in [-0.39, 0.29) is 5.75 Å². The number of aromatic nitrogens is 2. The second-order valence-electron chi connectivity index (χ2n) is 5.38. The smallest absolute Gasteiger partial charge is 0.168 e. The zero-order chi connectivity index (χ0) is 15.0. The summed E-state index contributed by atoms with van der Waals surface area (Å²) >= 11 is 0. The summed E-state index contributed by atoms with van der Waals surface area (Å²) in [5.41, 5.74) is 3.58. The number of fused-ring (bicyclic) bond motifs is 1. The molecule has 0 fully saturated rings. The summed E-state index contributed by atoms with van der Waals surface area (Å²) in [6.45, 7) is 4.21. The molecule has 0 radical (unpaired) electrons. The average Bonchev–Trinajstić information content (AvgIpc) is 2.90. The van der Waals surface area contributed by atoms with Crippen molar-refractivity contribution in [3.63, 3.8) is 0 Å². The molecule has 0 spiro atoms. The van der Waals surface area contributed by atoms with Crippen molar-refractivity contribution in [2.75, 3.05) is 7.11 Å². The van der Waals surface area contributed by atoms with Crippen LogP contribution in [0.15, 0.2) is 36.4 Å². The SMILES string of the molecule is COc1cc(C(C)C)cc(-c2nc3ccccc3[nH]2)c1O. The minimum Gasteiger partial charge on any atom is -0.504 e. The molecule has 3 rings (SSSR count). The molecule has 0 atom stereocenters. The Morgan fingerprint density at radius 3 is 2.62 bits per heavy atom. The fraction of sp³-hybridized carbons (Fsp3) is 0.235. The summed E-state index contributed by atoms with van der Waals surface area (Å²) in [7, 11) is 1.56. The van der Waals surface area contributed by atoms with Gasteiger partial charge in [-0.1, -0.05) is 26.0 Å². The van der Waals surface area contributed by atoms with Crippen molar-refractivity contribution in [2.45, 2.75) is 19.8 Å². The number of para-hydroxylation sites is 2. The quantitative estimate of drug-likeness (QED) is 0.761. The predicted molar refractivity (Wildman–Crippen MR) is 83.8 cm³/mol. The Balaban J connectivity index is 2.22. The Kier molecular flexibility index (Phi) is 3.29. The summed E-state index contributed by atoms with van der Waals surface area (Å²) < 4.78 is 5.28. The Labute approximate surface area is 123 Å². The van der Waals surface area contributed by atoms with Crippen LogP contribution in [0.5, 0.6) is 11.5 Å². The molecule has 4 heteroatoms. The normalized spacial score (nSPS) is 11.2. The van der Waals surface area contributed by atoms with Crippen LogP contribution in [0.4, 0.5) is 0 Å². The molecule has 21 heavy (non-hydrogen) atoms. The van der Waals surface area contributed by atoms with E-state index < -0.39 is 0 Å². The molecule has 4 nitrogen and oxygen atoms in total. The van der Waals surface area contributed by atoms with Gasteiger partial charge in [-0.15, -0.1) is 0 Å². The van der Waals surface area contributed by atoms with Crippen LogP contribution >= 0.6 is 0 Å². The van der Waals surface area contributed by atoms with Gasteiger partial charge in [0.25, 0.3) is 0 Å². The van der Waals surface area contributed by atoms with Crippen LogP contribution in [-0.4, -0.2) is 22.2 Å². The van der Waals surface area contributed by atoms with E-state index in [2.05, 4.69) is 23.8 Å². The van der Waals surface area contributed by atoms with Crippen LogP contribution in [0.25, 0.3) is 22.4 Å². The van der Waals surface area contributed by atoms with E-state index in [4.69, 9.17) is 4.74 Å². The molecule has 0 saturated heterocycles. The number of aromatic amines is 1. The third kappa shape index (κ3) is 2.33. The zero-order valence-corrected chi connectivity index (χ0v) is 12.3. The summed E-state index contributed by atoms with van der Waals surface area (Å²) in [6, 6.07) is 11.6. The number of nitrogens with one attached hydrogen (secondary N) is 1. The molecule has 0 unspecified atom stereocenters. The number of phenols is 1. The van der Waals surface area contributed by atoms with Gasteiger partial charge in [-0.25, -0.2) is 4.98 Å². The molecule has 0 aliphatic carbocycles. The van der Waals surface area contributed by atoms with Gasteiger partial charge in [-0.2, -0.15) is 0 Å². The van der Waals surface area contributed by atoms with E-state index in [1.54, 1.807) is 7.11 Å². The van der Waals surface area contributed by atoms with Gasteiger partial charge in [-0.3, -0.25) is 0 Å². The highest BCUT2D eigenvalue weighted by atomic mass is 16.5. The van der Waals surface area contributed by atoms with Crippen molar-refractivity contribution in [3.05, 3.63) is 42.0 Å². The number of hydrogen-bond acceptors (Lipinski definition) is 3. The fourth-order valence-electron chi connectivity index (χ4n) is 2.38. The van der Waals surface area contributed by atoms with E-state index in [1.165, 1.54) is 0 Å². The number of H-pyrrole nitrogens is 1. The van der Waals surface area contributed by atoms with E-state index >= 15 is 0 Å². The highest BCUT2D eigenvalue weighted by molar-refractivity contribution is 5.81. The van der Waals surface area contributed by atoms with Crippen molar-refractivity contribution in [1.29, 1.82) is 0 Å². The van der Waals surface area contributed by atoms with Gasteiger partial charge >= 0.3 is 0 Å². The van der Waals surface area contributed by atoms with Gasteiger partial charge in [0.1, 0.15) is 5.82 Å². The van der Waals surface area contributed by atoms with Crippen LogP contribution in [0, 0.1) is 0 Å². The molecule has 0 aliphatic rings. The number of imidazole rings is 1. The number of nitrogens with zero attached hydrogens (tertiary/aromatic N) is 1. The molecule has 1 aromatic heterocycles. The van der Waals surface area contributed by atoms with Crippen molar-refractivity contribution < 1.29 is 9.84 Å². The molecule has 3 aromatic rings. The van der Waals surface area contributed by atoms with E-state index in [1.807, 2.05) is 36.4 Å². The standard InChI is InChI=1S/C17H18N2O2/c1-10(2)11-8-12(16(20)15(9-11)21-3)17-18-13-6-4-5-7-14(13)19-17/h4-10,20H,1-3H3,(H,18,19). The first kappa shape index (κ1) is 13.5. The van der Waals surface area contributed by atoms with Crippen LogP contribution < -0.4 is 4.74 Å². The molecular weight excluding hydrogens is 264 g/mol. The summed E-state index contributed by atoms with van der Waals surface area (Å²) in [4.78, 5) is 7.79. The average molecular weight is 282 g/mol. The topological polar surface area (TPSA) is 58.1 Å². The molecule has 1 heterocycles. The lowest BCUT2D eigenvalue weighted by molar-refractivity contribution is 0.373. The first-order valence-electron chi connectivity index (χ1n) is 6.96. The van der Waals surface area contributed by atoms with Crippen LogP contribution in [-0.2, 0) is 0 Å². The number of ether oxygens (including phenoxy) is 1. The van der Waals surface area contributed by atoms with Gasteiger partial charge < -0.3 is 14.8 Å². The molecular formula is C17H18N2O2. The first-order valence-corrected chi connectivity index (χ1v) is 6.96. The Hall–Kier alpha value is -2.49. The third-order valence-electron chi connectivity index (χ3n) is 3.63. The number of hydrogen-bond donors (Lipinski definition) is 2. The minimum atomic E-state index is 0.112. The molecule has 2 aromatic carbocycles. The summed E-state index contributed by atoms with van der Waals surface area (Å²) in [5, 5.41) is 10.4. The van der Waals surface area contributed by atoms with Crippen LogP contribution in [0.2, 0.25) is 0 Å². The maximum Gasteiger partial charge on any atom is 0.168 e. The van der Waals surface area contributed by atoms with Crippen molar-refractivity contribution in [1.82, 2.24) is 9.97 Å². The van der Waals surface area contributed by atoms with Crippen molar-refractivity contribution >= 4 is 11.0 Å². The second-order valence-corrected chi connectivity index (χ2v) is 5.38. The van der Waals surface area contributed by atoms with E-state index in [9.17, 15) is 5.11 Å². The largest absolute Gasteiger partial charge is 0.504 e. The van der Waals surface area contributed by atoms with Crippen molar-refractivity contribution in [3.8, 4) is 22.9 Å². The Morgan fingerprint density at radius 1 is 1.19 bits per heavy atom. The number of rotatable bonds is 3. The lowest BCUT2D eigenvalue weighted by atomic mass is 9.99. The number of aromatic hydroxyl groups is 1. The van der Waals surface area contributed by atoms with Crippen LogP contribution in [0.3, 0.4) is 0 Å². The van der Waals surface area contributed by atoms with E-state index in [0.717, 1.165) is 16.6 Å². The zero-order valence-electron chi connectivity index (χ0n) is 12.3. The highest BCUT2D eigenvalue weighted by Crippen LogP contribution is 2.39. The number of phenolic OH excluding ortho intramolecular Hbond substituents is 1.